The van der Waals surface area contributed by atoms with Crippen molar-refractivity contribution in [3.63, 3.8) is 0 Å². The van der Waals surface area contributed by atoms with Gasteiger partial charge < -0.3 is 5.32 Å². The van der Waals surface area contributed by atoms with Gasteiger partial charge in [0.2, 0.25) is 0 Å². The van der Waals surface area contributed by atoms with Crippen LogP contribution in [-0.2, 0) is 6.54 Å². The summed E-state index contributed by atoms with van der Waals surface area (Å²) in [5.74, 6) is 0.628. The van der Waals surface area contributed by atoms with Crippen molar-refractivity contribution in [1.82, 2.24) is 5.32 Å². The first-order valence-corrected chi connectivity index (χ1v) is 5.45. The van der Waals surface area contributed by atoms with E-state index >= 15 is 0 Å². The smallest absolute Gasteiger partial charge is 0.0205 e. The molecule has 0 aromatic heterocycles. The van der Waals surface area contributed by atoms with Crippen LogP contribution in [0.2, 0.25) is 0 Å². The topological polar surface area (TPSA) is 12.0 Å². The van der Waals surface area contributed by atoms with Crippen molar-refractivity contribution >= 4 is 0 Å². The standard InChI is InChI=1S/C13H21N/c1-5-14-9-12-6-7-13(10(2)3)11(4)8-12/h6-8,10,14H,5,9H2,1-4H3. The average Bonchev–Trinajstić information content (AvgIpc) is 2.14. The molecule has 1 rings (SSSR count). The zero-order chi connectivity index (χ0) is 10.6. The first kappa shape index (κ1) is 11.3. The molecular weight excluding hydrogens is 170 g/mol. The number of hydrogen-bond donors (Lipinski definition) is 1. The van der Waals surface area contributed by atoms with E-state index in [0.717, 1.165) is 13.1 Å². The molecule has 0 spiro atoms. The Hall–Kier alpha value is -0.820. The summed E-state index contributed by atoms with van der Waals surface area (Å²) in [6.45, 7) is 10.8. The van der Waals surface area contributed by atoms with Crippen LogP contribution in [0, 0.1) is 6.92 Å². The summed E-state index contributed by atoms with van der Waals surface area (Å²) >= 11 is 0. The lowest BCUT2D eigenvalue weighted by Gasteiger charge is -2.11. The lowest BCUT2D eigenvalue weighted by atomic mass is 9.96. The summed E-state index contributed by atoms with van der Waals surface area (Å²) in [4.78, 5) is 0. The summed E-state index contributed by atoms with van der Waals surface area (Å²) in [6.07, 6.45) is 0. The molecule has 0 heterocycles. The second-order valence-electron chi connectivity index (χ2n) is 4.13. The van der Waals surface area contributed by atoms with Crippen LogP contribution in [0.25, 0.3) is 0 Å². The number of nitrogens with one attached hydrogen (secondary N) is 1. The SMILES string of the molecule is CCNCc1ccc(C(C)C)c(C)c1. The lowest BCUT2D eigenvalue weighted by Crippen LogP contribution is -2.11. The Labute approximate surface area is 87.5 Å². The van der Waals surface area contributed by atoms with Gasteiger partial charge in [-0.2, -0.15) is 0 Å². The van der Waals surface area contributed by atoms with Crippen LogP contribution in [0.1, 0.15) is 43.4 Å². The van der Waals surface area contributed by atoms with Gasteiger partial charge in [0.05, 0.1) is 0 Å². The highest BCUT2D eigenvalue weighted by atomic mass is 14.8. The third kappa shape index (κ3) is 2.85. The number of rotatable bonds is 4. The third-order valence-corrected chi connectivity index (χ3v) is 2.54. The minimum Gasteiger partial charge on any atom is -0.313 e. The molecule has 0 saturated carbocycles. The lowest BCUT2D eigenvalue weighted by molar-refractivity contribution is 0.725. The van der Waals surface area contributed by atoms with E-state index in [1.165, 1.54) is 16.7 Å². The molecule has 0 aliphatic rings. The highest BCUT2D eigenvalue weighted by Crippen LogP contribution is 2.19. The van der Waals surface area contributed by atoms with E-state index in [4.69, 9.17) is 0 Å². The summed E-state index contributed by atoms with van der Waals surface area (Å²) in [5, 5.41) is 3.34. The van der Waals surface area contributed by atoms with Crippen LogP contribution in [0.5, 0.6) is 0 Å². The fraction of sp³-hybridized carbons (Fsp3) is 0.538. The van der Waals surface area contributed by atoms with Crippen LogP contribution in [-0.4, -0.2) is 6.54 Å². The zero-order valence-corrected chi connectivity index (χ0v) is 9.72. The van der Waals surface area contributed by atoms with E-state index in [1.807, 2.05) is 0 Å². The van der Waals surface area contributed by atoms with Gasteiger partial charge >= 0.3 is 0 Å². The van der Waals surface area contributed by atoms with Gasteiger partial charge in [0.25, 0.3) is 0 Å². The number of aryl methyl sites for hydroxylation is 1. The molecule has 0 atom stereocenters. The average molecular weight is 191 g/mol. The van der Waals surface area contributed by atoms with Crippen molar-refractivity contribution in [2.75, 3.05) is 6.54 Å². The quantitative estimate of drug-likeness (QED) is 0.770. The Kier molecular flexibility index (Phi) is 4.15. The molecular formula is C13H21N. The minimum absolute atomic E-state index is 0.628. The molecule has 78 valence electrons. The molecule has 0 unspecified atom stereocenters. The van der Waals surface area contributed by atoms with Crippen molar-refractivity contribution in [3.8, 4) is 0 Å². The fourth-order valence-electron chi connectivity index (χ4n) is 1.76. The predicted octanol–water partition coefficient (Wildman–Crippen LogP) is 3.23. The number of hydrogen-bond acceptors (Lipinski definition) is 1. The van der Waals surface area contributed by atoms with Crippen molar-refractivity contribution in [3.05, 3.63) is 34.9 Å². The van der Waals surface area contributed by atoms with Crippen LogP contribution in [0.15, 0.2) is 18.2 Å². The van der Waals surface area contributed by atoms with Crippen LogP contribution in [0.3, 0.4) is 0 Å². The Morgan fingerprint density at radius 3 is 2.50 bits per heavy atom. The highest BCUT2D eigenvalue weighted by Gasteiger charge is 2.03. The van der Waals surface area contributed by atoms with Crippen molar-refractivity contribution < 1.29 is 0 Å². The van der Waals surface area contributed by atoms with Crippen molar-refractivity contribution in [2.24, 2.45) is 0 Å². The minimum atomic E-state index is 0.628. The van der Waals surface area contributed by atoms with Gasteiger partial charge in [-0.3, -0.25) is 0 Å². The maximum absolute atomic E-state index is 3.34. The maximum Gasteiger partial charge on any atom is 0.0205 e. The highest BCUT2D eigenvalue weighted by molar-refractivity contribution is 5.33. The van der Waals surface area contributed by atoms with E-state index < -0.39 is 0 Å². The Morgan fingerprint density at radius 1 is 1.29 bits per heavy atom. The van der Waals surface area contributed by atoms with Crippen LogP contribution in [0.4, 0.5) is 0 Å². The van der Waals surface area contributed by atoms with Crippen LogP contribution < -0.4 is 5.32 Å². The number of benzene rings is 1. The van der Waals surface area contributed by atoms with Crippen molar-refractivity contribution in [2.45, 2.75) is 40.2 Å². The monoisotopic (exact) mass is 191 g/mol. The van der Waals surface area contributed by atoms with Gasteiger partial charge in [-0.1, -0.05) is 39.0 Å². The fourth-order valence-corrected chi connectivity index (χ4v) is 1.76. The zero-order valence-electron chi connectivity index (χ0n) is 9.72. The normalized spacial score (nSPS) is 10.9. The van der Waals surface area contributed by atoms with Gasteiger partial charge in [0.15, 0.2) is 0 Å². The molecule has 0 radical (unpaired) electrons. The molecule has 1 aromatic carbocycles. The Morgan fingerprint density at radius 2 is 2.00 bits per heavy atom. The van der Waals surface area contributed by atoms with Gasteiger partial charge in [-0.25, -0.2) is 0 Å². The molecule has 1 nitrogen and oxygen atoms in total. The Bertz CT molecular complexity index is 289. The van der Waals surface area contributed by atoms with Gasteiger partial charge in [0.1, 0.15) is 0 Å². The maximum atomic E-state index is 3.34. The largest absolute Gasteiger partial charge is 0.313 e. The predicted molar refractivity (Wildman–Crippen MR) is 62.6 cm³/mol. The summed E-state index contributed by atoms with van der Waals surface area (Å²) < 4.78 is 0. The molecule has 0 fully saturated rings. The van der Waals surface area contributed by atoms with E-state index in [2.05, 4.69) is 51.2 Å². The molecule has 14 heavy (non-hydrogen) atoms. The molecule has 0 amide bonds. The third-order valence-electron chi connectivity index (χ3n) is 2.54. The van der Waals surface area contributed by atoms with E-state index in [-0.39, 0.29) is 0 Å². The Balaban J connectivity index is 2.78. The second-order valence-corrected chi connectivity index (χ2v) is 4.13. The molecule has 1 heteroatoms. The van der Waals surface area contributed by atoms with Gasteiger partial charge in [0, 0.05) is 6.54 Å². The molecule has 0 bridgehead atoms. The second kappa shape index (κ2) is 5.16. The van der Waals surface area contributed by atoms with Gasteiger partial charge in [-0.05, 0) is 36.1 Å². The van der Waals surface area contributed by atoms with E-state index in [0.29, 0.717) is 5.92 Å². The summed E-state index contributed by atoms with van der Waals surface area (Å²) in [7, 11) is 0. The first-order valence-electron chi connectivity index (χ1n) is 5.45. The van der Waals surface area contributed by atoms with Crippen molar-refractivity contribution in [1.29, 1.82) is 0 Å². The molecule has 1 aromatic rings. The molecule has 0 aliphatic heterocycles. The molecule has 0 saturated heterocycles. The van der Waals surface area contributed by atoms with Gasteiger partial charge in [-0.15, -0.1) is 0 Å². The van der Waals surface area contributed by atoms with Crippen LogP contribution >= 0.6 is 0 Å². The molecule has 1 N–H and O–H groups in total. The van der Waals surface area contributed by atoms with E-state index in [9.17, 15) is 0 Å². The summed E-state index contributed by atoms with van der Waals surface area (Å²) in [5.41, 5.74) is 4.26. The summed E-state index contributed by atoms with van der Waals surface area (Å²) in [6, 6.07) is 6.77. The van der Waals surface area contributed by atoms with E-state index in [1.54, 1.807) is 0 Å². The first-order chi connectivity index (χ1) is 6.65. The molecule has 0 aliphatic carbocycles.